The number of ether oxygens (including phenoxy) is 1. The SMILES string of the molecule is COC(=O)CCN1CCc2c(oc3c2C(=O)C(=O)c2c-3ccc3c(C)cccc23)C1. The van der Waals surface area contributed by atoms with E-state index in [1.54, 1.807) is 0 Å². The molecule has 30 heavy (non-hydrogen) atoms. The van der Waals surface area contributed by atoms with Gasteiger partial charge in [-0.1, -0.05) is 24.3 Å². The molecule has 0 spiro atoms. The van der Waals surface area contributed by atoms with Crippen LogP contribution < -0.4 is 0 Å². The summed E-state index contributed by atoms with van der Waals surface area (Å²) in [6.07, 6.45) is 0.911. The summed E-state index contributed by atoms with van der Waals surface area (Å²) in [5.74, 6) is -0.00590. The molecule has 0 amide bonds. The standard InChI is InChI=1S/C24H21NO5/c1-13-4-3-5-15-14(13)6-7-17-20(15)22(27)23(28)21-16-8-10-25(11-9-19(26)29-2)12-18(16)30-24(17)21/h3-7H,8-12H2,1-2H3. The predicted octanol–water partition coefficient (Wildman–Crippen LogP) is 3.71. The molecule has 0 saturated carbocycles. The fourth-order valence-electron chi connectivity index (χ4n) is 4.60. The number of rotatable bonds is 3. The lowest BCUT2D eigenvalue weighted by Crippen LogP contribution is -2.33. The summed E-state index contributed by atoms with van der Waals surface area (Å²) >= 11 is 0. The molecule has 5 rings (SSSR count). The Morgan fingerprint density at radius 1 is 1.10 bits per heavy atom. The molecular formula is C24H21NO5. The Morgan fingerprint density at radius 3 is 2.70 bits per heavy atom. The zero-order valence-electron chi connectivity index (χ0n) is 16.9. The van der Waals surface area contributed by atoms with Crippen molar-refractivity contribution in [1.82, 2.24) is 4.90 Å². The Kier molecular flexibility index (Phi) is 4.33. The number of furan rings is 1. The molecule has 0 atom stereocenters. The van der Waals surface area contributed by atoms with E-state index in [9.17, 15) is 14.4 Å². The van der Waals surface area contributed by atoms with Gasteiger partial charge in [-0.3, -0.25) is 19.3 Å². The van der Waals surface area contributed by atoms with Crippen LogP contribution in [0.4, 0.5) is 0 Å². The summed E-state index contributed by atoms with van der Waals surface area (Å²) in [4.78, 5) is 39.8. The molecule has 2 aliphatic rings. The molecule has 1 aromatic heterocycles. The highest BCUT2D eigenvalue weighted by Crippen LogP contribution is 2.43. The molecule has 2 heterocycles. The number of methoxy groups -OCH3 is 1. The quantitative estimate of drug-likeness (QED) is 0.490. The Bertz CT molecular complexity index is 1240. The maximum Gasteiger partial charge on any atom is 0.306 e. The smallest absolute Gasteiger partial charge is 0.306 e. The van der Waals surface area contributed by atoms with E-state index in [1.807, 2.05) is 37.3 Å². The third-order valence-electron chi connectivity index (χ3n) is 6.18. The summed E-state index contributed by atoms with van der Waals surface area (Å²) in [6.45, 7) is 3.75. The molecular weight excluding hydrogens is 382 g/mol. The zero-order valence-corrected chi connectivity index (χ0v) is 16.9. The molecule has 0 N–H and O–H groups in total. The van der Waals surface area contributed by atoms with Crippen molar-refractivity contribution in [3.05, 3.63) is 58.3 Å². The Morgan fingerprint density at radius 2 is 1.90 bits per heavy atom. The molecule has 0 saturated heterocycles. The van der Waals surface area contributed by atoms with E-state index in [2.05, 4.69) is 4.90 Å². The summed E-state index contributed by atoms with van der Waals surface area (Å²) < 4.78 is 10.9. The number of hydrogen-bond acceptors (Lipinski definition) is 6. The highest BCUT2D eigenvalue weighted by atomic mass is 16.5. The van der Waals surface area contributed by atoms with E-state index in [4.69, 9.17) is 9.15 Å². The van der Waals surface area contributed by atoms with Crippen molar-refractivity contribution >= 4 is 28.3 Å². The van der Waals surface area contributed by atoms with Gasteiger partial charge >= 0.3 is 5.97 Å². The van der Waals surface area contributed by atoms with Crippen molar-refractivity contribution in [2.45, 2.75) is 26.3 Å². The van der Waals surface area contributed by atoms with Gasteiger partial charge in [0.1, 0.15) is 11.5 Å². The van der Waals surface area contributed by atoms with Crippen molar-refractivity contribution in [3.63, 3.8) is 0 Å². The molecule has 0 bridgehead atoms. The van der Waals surface area contributed by atoms with Crippen LogP contribution in [0.3, 0.4) is 0 Å². The molecule has 0 fully saturated rings. The first-order chi connectivity index (χ1) is 14.5. The van der Waals surface area contributed by atoms with Crippen molar-refractivity contribution in [1.29, 1.82) is 0 Å². The number of aryl methyl sites for hydroxylation is 1. The van der Waals surface area contributed by atoms with Crippen LogP contribution in [-0.4, -0.2) is 42.6 Å². The van der Waals surface area contributed by atoms with Gasteiger partial charge in [0.15, 0.2) is 0 Å². The maximum absolute atomic E-state index is 13.1. The van der Waals surface area contributed by atoms with Gasteiger partial charge in [0.2, 0.25) is 11.6 Å². The fraction of sp³-hybridized carbons (Fsp3) is 0.292. The lowest BCUT2D eigenvalue weighted by molar-refractivity contribution is -0.141. The number of hydrogen-bond donors (Lipinski definition) is 0. The normalized spacial score (nSPS) is 15.7. The molecule has 6 nitrogen and oxygen atoms in total. The minimum absolute atomic E-state index is 0.253. The minimum Gasteiger partial charge on any atom is -0.469 e. The average molecular weight is 403 g/mol. The number of esters is 1. The lowest BCUT2D eigenvalue weighted by Gasteiger charge is -2.25. The Labute approximate surface area is 173 Å². The van der Waals surface area contributed by atoms with Crippen LogP contribution in [0, 0.1) is 6.92 Å². The van der Waals surface area contributed by atoms with Crippen LogP contribution in [0.25, 0.3) is 22.1 Å². The molecule has 2 aromatic carbocycles. The largest absolute Gasteiger partial charge is 0.469 e. The van der Waals surface area contributed by atoms with Gasteiger partial charge in [-0.15, -0.1) is 0 Å². The van der Waals surface area contributed by atoms with Crippen molar-refractivity contribution in [2.24, 2.45) is 0 Å². The number of carbonyl (C=O) groups is 3. The third-order valence-corrected chi connectivity index (χ3v) is 6.18. The van der Waals surface area contributed by atoms with E-state index in [1.165, 1.54) is 7.11 Å². The predicted molar refractivity (Wildman–Crippen MR) is 111 cm³/mol. The highest BCUT2D eigenvalue weighted by Gasteiger charge is 2.39. The van der Waals surface area contributed by atoms with Crippen LogP contribution in [0.1, 0.15) is 44.0 Å². The number of nitrogens with zero attached hydrogens (tertiary/aromatic N) is 1. The van der Waals surface area contributed by atoms with Gasteiger partial charge in [-0.25, -0.2) is 0 Å². The van der Waals surface area contributed by atoms with Crippen LogP contribution in [-0.2, 0) is 22.5 Å². The van der Waals surface area contributed by atoms with Gasteiger partial charge in [0.25, 0.3) is 0 Å². The molecule has 6 heteroatoms. The zero-order chi connectivity index (χ0) is 21.0. The van der Waals surface area contributed by atoms with Crippen LogP contribution in [0.15, 0.2) is 34.7 Å². The van der Waals surface area contributed by atoms with Crippen LogP contribution in [0.2, 0.25) is 0 Å². The topological polar surface area (TPSA) is 76.8 Å². The second kappa shape index (κ2) is 6.92. The number of benzene rings is 2. The third kappa shape index (κ3) is 2.71. The fourth-order valence-corrected chi connectivity index (χ4v) is 4.60. The second-order valence-corrected chi connectivity index (χ2v) is 7.88. The number of carbonyl (C=O) groups excluding carboxylic acids is 3. The van der Waals surface area contributed by atoms with Crippen molar-refractivity contribution in [2.75, 3.05) is 20.2 Å². The molecule has 1 aliphatic carbocycles. The first-order valence-corrected chi connectivity index (χ1v) is 10.0. The average Bonchev–Trinajstić information content (AvgIpc) is 3.14. The Balaban J connectivity index is 1.59. The Hall–Kier alpha value is -3.25. The van der Waals surface area contributed by atoms with Gasteiger partial charge in [0.05, 0.1) is 25.6 Å². The van der Waals surface area contributed by atoms with E-state index in [-0.39, 0.29) is 5.97 Å². The van der Waals surface area contributed by atoms with Gasteiger partial charge in [0, 0.05) is 29.8 Å². The summed E-state index contributed by atoms with van der Waals surface area (Å²) in [5.41, 5.74) is 3.42. The summed E-state index contributed by atoms with van der Waals surface area (Å²) in [5, 5.41) is 1.75. The van der Waals surface area contributed by atoms with Gasteiger partial charge in [-0.2, -0.15) is 0 Å². The summed E-state index contributed by atoms with van der Waals surface area (Å²) in [6, 6.07) is 9.65. The summed E-state index contributed by atoms with van der Waals surface area (Å²) in [7, 11) is 1.38. The van der Waals surface area contributed by atoms with Crippen LogP contribution in [0.5, 0.6) is 0 Å². The monoisotopic (exact) mass is 403 g/mol. The van der Waals surface area contributed by atoms with Gasteiger partial charge < -0.3 is 9.15 Å². The molecule has 3 aromatic rings. The van der Waals surface area contributed by atoms with E-state index >= 15 is 0 Å². The van der Waals surface area contributed by atoms with E-state index < -0.39 is 11.6 Å². The minimum atomic E-state index is -0.487. The van der Waals surface area contributed by atoms with E-state index in [0.29, 0.717) is 60.7 Å². The first-order valence-electron chi connectivity index (χ1n) is 10.0. The molecule has 0 radical (unpaired) electrons. The van der Waals surface area contributed by atoms with Crippen molar-refractivity contribution in [3.8, 4) is 11.3 Å². The van der Waals surface area contributed by atoms with E-state index in [0.717, 1.165) is 21.9 Å². The molecule has 0 unspecified atom stereocenters. The lowest BCUT2D eigenvalue weighted by atomic mass is 9.82. The first kappa shape index (κ1) is 18.8. The molecule has 152 valence electrons. The van der Waals surface area contributed by atoms with Crippen LogP contribution >= 0.6 is 0 Å². The maximum atomic E-state index is 13.1. The molecule has 1 aliphatic heterocycles. The number of ketones is 2. The highest BCUT2D eigenvalue weighted by molar-refractivity contribution is 6.54. The number of Topliss-reactive ketones (excluding diaryl/α,β-unsaturated/α-hetero) is 2. The van der Waals surface area contributed by atoms with Crippen molar-refractivity contribution < 1.29 is 23.5 Å². The second-order valence-electron chi connectivity index (χ2n) is 7.88. The number of fused-ring (bicyclic) bond motifs is 7. The van der Waals surface area contributed by atoms with Gasteiger partial charge in [-0.05, 0) is 35.7 Å².